The van der Waals surface area contributed by atoms with Crippen molar-refractivity contribution in [3.8, 4) is 28.1 Å². The van der Waals surface area contributed by atoms with Crippen LogP contribution in [0, 0.1) is 0 Å². The zero-order valence-electron chi connectivity index (χ0n) is 19.1. The number of tetrazole rings is 1. The number of aromatic nitrogens is 7. The molecule has 10 nitrogen and oxygen atoms in total. The highest BCUT2D eigenvalue weighted by atomic mass is 35.5. The van der Waals surface area contributed by atoms with E-state index in [1.54, 1.807) is 47.0 Å². The van der Waals surface area contributed by atoms with Crippen LogP contribution in [0.1, 0.15) is 34.3 Å². The second kappa shape index (κ2) is 8.99. The zero-order valence-corrected chi connectivity index (χ0v) is 20.6. The number of carbonyl (C=O) groups excluding carboxylic acids is 1. The summed E-state index contributed by atoms with van der Waals surface area (Å²) in [5.74, 6) is 0.0804. The number of nitrogens with one attached hydrogen (secondary N) is 1. The summed E-state index contributed by atoms with van der Waals surface area (Å²) >= 11 is 12.7. The summed E-state index contributed by atoms with van der Waals surface area (Å²) in [4.78, 5) is 32.6. The zero-order chi connectivity index (χ0) is 25.7. The fourth-order valence-corrected chi connectivity index (χ4v) is 5.16. The summed E-state index contributed by atoms with van der Waals surface area (Å²) in [5.41, 5.74) is 9.96. The van der Waals surface area contributed by atoms with Crippen LogP contribution in [-0.2, 0) is 6.42 Å². The Kier molecular flexibility index (Phi) is 5.62. The molecule has 1 atom stereocenters. The summed E-state index contributed by atoms with van der Waals surface area (Å²) in [5, 5.41) is 12.2. The van der Waals surface area contributed by atoms with Gasteiger partial charge >= 0.3 is 0 Å². The van der Waals surface area contributed by atoms with Crippen LogP contribution in [0.25, 0.3) is 28.1 Å². The normalized spacial score (nSPS) is 14.6. The van der Waals surface area contributed by atoms with Gasteiger partial charge < -0.3 is 15.3 Å². The number of hydrogen-bond donors (Lipinski definition) is 2. The van der Waals surface area contributed by atoms with Crippen molar-refractivity contribution >= 4 is 29.1 Å². The highest BCUT2D eigenvalue weighted by Gasteiger charge is 2.29. The number of rotatable bonds is 5. The number of primary amides is 1. The molecule has 1 amide bonds. The van der Waals surface area contributed by atoms with E-state index in [9.17, 15) is 9.59 Å². The fourth-order valence-electron chi connectivity index (χ4n) is 4.74. The van der Waals surface area contributed by atoms with Gasteiger partial charge in [0.1, 0.15) is 12.2 Å². The lowest BCUT2D eigenvalue weighted by atomic mass is 10.0. The lowest BCUT2D eigenvalue weighted by Crippen LogP contribution is -2.24. The third kappa shape index (κ3) is 4.09. The van der Waals surface area contributed by atoms with E-state index in [1.807, 2.05) is 12.1 Å². The van der Waals surface area contributed by atoms with E-state index in [-0.39, 0.29) is 16.8 Å². The van der Waals surface area contributed by atoms with Crippen LogP contribution >= 0.6 is 23.2 Å². The first-order valence-electron chi connectivity index (χ1n) is 11.3. The minimum Gasteiger partial charge on any atom is -0.366 e. The van der Waals surface area contributed by atoms with Gasteiger partial charge in [0.15, 0.2) is 5.15 Å². The Hall–Kier alpha value is -4.28. The number of aromatic amines is 1. The molecule has 6 rings (SSSR count). The molecule has 0 aliphatic carbocycles. The molecule has 1 aliphatic rings. The standard InChI is InChI=1S/C25H18Cl2N8O2/c26-16-5-7-19(34-12-29-32-33-34)18(11-16)15-9-17-6-8-20(35(17)21(36)10-15)25-30-22(23(27)31-25)13-1-3-14(4-2-13)24(28)37/h1-5,7,9-12,20H,6,8H2,(H2,28,37)(H,30,31). The Bertz CT molecular complexity index is 1710. The van der Waals surface area contributed by atoms with E-state index in [0.29, 0.717) is 40.6 Å². The molecule has 4 heterocycles. The summed E-state index contributed by atoms with van der Waals surface area (Å²) in [6.07, 6.45) is 2.84. The molecular weight excluding hydrogens is 515 g/mol. The monoisotopic (exact) mass is 532 g/mol. The number of aryl methyl sites for hydroxylation is 1. The Balaban J connectivity index is 1.38. The quantitative estimate of drug-likeness (QED) is 0.352. The molecule has 0 fully saturated rings. The largest absolute Gasteiger partial charge is 0.366 e. The molecule has 0 saturated carbocycles. The lowest BCUT2D eigenvalue weighted by molar-refractivity contribution is 0.100. The molecule has 0 saturated heterocycles. The average molecular weight is 533 g/mol. The molecule has 1 aliphatic heterocycles. The van der Waals surface area contributed by atoms with Crippen LogP contribution in [0.2, 0.25) is 10.2 Å². The van der Waals surface area contributed by atoms with Crippen molar-refractivity contribution in [1.82, 2.24) is 34.7 Å². The molecule has 184 valence electrons. The number of hydrogen-bond acceptors (Lipinski definition) is 6. The number of carbonyl (C=O) groups is 1. The van der Waals surface area contributed by atoms with Crippen LogP contribution in [0.5, 0.6) is 0 Å². The molecule has 2 aromatic carbocycles. The second-order valence-corrected chi connectivity index (χ2v) is 9.44. The smallest absolute Gasteiger partial charge is 0.252 e. The van der Waals surface area contributed by atoms with Crippen molar-refractivity contribution in [3.05, 3.63) is 98.5 Å². The van der Waals surface area contributed by atoms with Crippen LogP contribution in [0.15, 0.2) is 65.7 Å². The molecule has 1 unspecified atom stereocenters. The van der Waals surface area contributed by atoms with Gasteiger partial charge in [0.05, 0.1) is 17.4 Å². The minimum atomic E-state index is -0.507. The number of pyridine rings is 1. The van der Waals surface area contributed by atoms with Crippen molar-refractivity contribution in [2.24, 2.45) is 5.73 Å². The summed E-state index contributed by atoms with van der Waals surface area (Å²) in [6.45, 7) is 0. The average Bonchev–Trinajstić information content (AvgIpc) is 3.64. The molecule has 37 heavy (non-hydrogen) atoms. The van der Waals surface area contributed by atoms with Gasteiger partial charge in [-0.1, -0.05) is 35.3 Å². The van der Waals surface area contributed by atoms with Crippen LogP contribution in [0.3, 0.4) is 0 Å². The Morgan fingerprint density at radius 2 is 1.86 bits per heavy atom. The second-order valence-electron chi connectivity index (χ2n) is 8.64. The summed E-state index contributed by atoms with van der Waals surface area (Å²) in [6, 6.07) is 15.4. The van der Waals surface area contributed by atoms with Gasteiger partial charge in [0.25, 0.3) is 5.56 Å². The number of halogens is 2. The number of H-pyrrole nitrogens is 1. The lowest BCUT2D eigenvalue weighted by Gasteiger charge is -2.15. The van der Waals surface area contributed by atoms with E-state index in [2.05, 4.69) is 25.5 Å². The third-order valence-electron chi connectivity index (χ3n) is 6.45. The number of fused-ring (bicyclic) bond motifs is 1. The number of imidazole rings is 1. The maximum absolute atomic E-state index is 13.4. The molecule has 3 aromatic heterocycles. The Morgan fingerprint density at radius 3 is 2.59 bits per heavy atom. The highest BCUT2D eigenvalue weighted by molar-refractivity contribution is 6.32. The number of amides is 1. The van der Waals surface area contributed by atoms with E-state index in [1.165, 1.54) is 11.0 Å². The maximum Gasteiger partial charge on any atom is 0.252 e. The van der Waals surface area contributed by atoms with E-state index in [0.717, 1.165) is 22.4 Å². The predicted molar refractivity (Wildman–Crippen MR) is 138 cm³/mol. The van der Waals surface area contributed by atoms with Gasteiger partial charge in [-0.15, -0.1) is 5.10 Å². The van der Waals surface area contributed by atoms with Crippen LogP contribution in [0.4, 0.5) is 0 Å². The van der Waals surface area contributed by atoms with Gasteiger partial charge in [-0.3, -0.25) is 9.59 Å². The molecule has 12 heteroatoms. The SMILES string of the molecule is NC(=O)c1ccc(-c2[nH]c(C3CCc4cc(-c5cc(Cl)ccc5-n5cnnn5)cc(=O)n43)nc2Cl)cc1. The topological polar surface area (TPSA) is 137 Å². The first kappa shape index (κ1) is 23.1. The first-order chi connectivity index (χ1) is 17.9. The Labute approximate surface area is 219 Å². The van der Waals surface area contributed by atoms with Gasteiger partial charge in [-0.25, -0.2) is 4.98 Å². The number of benzene rings is 2. The first-order valence-corrected chi connectivity index (χ1v) is 12.1. The fraction of sp³-hybridized carbons (Fsp3) is 0.120. The van der Waals surface area contributed by atoms with Crippen molar-refractivity contribution in [2.75, 3.05) is 0 Å². The highest BCUT2D eigenvalue weighted by Crippen LogP contribution is 2.36. The minimum absolute atomic E-state index is 0.169. The summed E-state index contributed by atoms with van der Waals surface area (Å²) in [7, 11) is 0. The van der Waals surface area contributed by atoms with Crippen molar-refractivity contribution in [1.29, 1.82) is 0 Å². The van der Waals surface area contributed by atoms with Gasteiger partial charge in [0, 0.05) is 33.5 Å². The van der Waals surface area contributed by atoms with Crippen molar-refractivity contribution in [3.63, 3.8) is 0 Å². The van der Waals surface area contributed by atoms with E-state index < -0.39 is 5.91 Å². The van der Waals surface area contributed by atoms with E-state index >= 15 is 0 Å². The molecule has 3 N–H and O–H groups in total. The molecule has 0 bridgehead atoms. The van der Waals surface area contributed by atoms with Gasteiger partial charge in [-0.05, 0) is 65.2 Å². The molecule has 0 spiro atoms. The molecular formula is C25H18Cl2N8O2. The van der Waals surface area contributed by atoms with Crippen molar-refractivity contribution < 1.29 is 4.79 Å². The van der Waals surface area contributed by atoms with Gasteiger partial charge in [-0.2, -0.15) is 4.68 Å². The van der Waals surface area contributed by atoms with Crippen LogP contribution < -0.4 is 11.3 Å². The predicted octanol–water partition coefficient (Wildman–Crippen LogP) is 3.82. The van der Waals surface area contributed by atoms with Crippen LogP contribution in [-0.4, -0.2) is 40.6 Å². The van der Waals surface area contributed by atoms with E-state index in [4.69, 9.17) is 28.9 Å². The third-order valence-corrected chi connectivity index (χ3v) is 6.96. The molecule has 0 radical (unpaired) electrons. The summed E-state index contributed by atoms with van der Waals surface area (Å²) < 4.78 is 3.27. The number of nitrogens with two attached hydrogens (primary N) is 1. The van der Waals surface area contributed by atoms with Gasteiger partial charge in [0.2, 0.25) is 5.91 Å². The molecule has 5 aromatic rings. The maximum atomic E-state index is 13.4. The Morgan fingerprint density at radius 1 is 1.05 bits per heavy atom. The van der Waals surface area contributed by atoms with Crippen molar-refractivity contribution in [2.45, 2.75) is 18.9 Å². The number of nitrogens with zero attached hydrogens (tertiary/aromatic N) is 6.